The first kappa shape index (κ1) is 19.7. The SMILES string of the molecule is CCOC(=O)N1CCN(C(=O)CN2C(=O)c3ccccc3Oc3ncccc32)CC1. The van der Waals surface area contributed by atoms with Crippen LogP contribution in [0.3, 0.4) is 0 Å². The van der Waals surface area contributed by atoms with Crippen molar-refractivity contribution >= 4 is 23.6 Å². The molecule has 4 rings (SSSR count). The fourth-order valence-corrected chi connectivity index (χ4v) is 3.50. The molecule has 0 saturated carbocycles. The standard InChI is InChI=1S/C21H22N4O5/c1-2-29-21(28)24-12-10-23(11-13-24)18(26)14-25-16-7-5-9-22-19(16)30-17-8-4-3-6-15(17)20(25)27/h3-9H,2,10-14H2,1H3. The molecule has 2 aliphatic heterocycles. The number of ether oxygens (including phenoxy) is 2. The first-order valence-electron chi connectivity index (χ1n) is 9.81. The number of hydrogen-bond acceptors (Lipinski definition) is 6. The number of carbonyl (C=O) groups excluding carboxylic acids is 3. The third-order valence-electron chi connectivity index (χ3n) is 5.06. The third kappa shape index (κ3) is 3.78. The molecule has 3 heterocycles. The van der Waals surface area contributed by atoms with Crippen LogP contribution in [0.1, 0.15) is 17.3 Å². The first-order chi connectivity index (χ1) is 14.6. The molecule has 9 heteroatoms. The number of piperazine rings is 1. The fourth-order valence-electron chi connectivity index (χ4n) is 3.50. The van der Waals surface area contributed by atoms with Crippen LogP contribution in [-0.4, -0.2) is 72.0 Å². The number of aromatic nitrogens is 1. The van der Waals surface area contributed by atoms with E-state index in [1.54, 1.807) is 59.3 Å². The van der Waals surface area contributed by atoms with E-state index in [-0.39, 0.29) is 30.3 Å². The summed E-state index contributed by atoms with van der Waals surface area (Å²) < 4.78 is 10.8. The Kier molecular flexibility index (Phi) is 5.51. The van der Waals surface area contributed by atoms with Gasteiger partial charge in [0.15, 0.2) is 0 Å². The second kappa shape index (κ2) is 8.40. The molecule has 0 radical (unpaired) electrons. The van der Waals surface area contributed by atoms with Gasteiger partial charge in [0.25, 0.3) is 5.91 Å². The summed E-state index contributed by atoms with van der Waals surface area (Å²) in [5.74, 6) is 0.146. The predicted molar refractivity (Wildman–Crippen MR) is 108 cm³/mol. The van der Waals surface area contributed by atoms with E-state index in [9.17, 15) is 14.4 Å². The monoisotopic (exact) mass is 410 g/mol. The Morgan fingerprint density at radius 3 is 2.57 bits per heavy atom. The highest BCUT2D eigenvalue weighted by Crippen LogP contribution is 2.36. The Morgan fingerprint density at radius 1 is 1.07 bits per heavy atom. The molecule has 0 spiro atoms. The summed E-state index contributed by atoms with van der Waals surface area (Å²) in [5, 5.41) is 0. The van der Waals surface area contributed by atoms with Gasteiger partial charge in [-0.25, -0.2) is 9.78 Å². The number of pyridine rings is 1. The number of hydrogen-bond donors (Lipinski definition) is 0. The first-order valence-corrected chi connectivity index (χ1v) is 9.81. The maximum Gasteiger partial charge on any atom is 0.409 e. The summed E-state index contributed by atoms with van der Waals surface area (Å²) in [6, 6.07) is 10.3. The summed E-state index contributed by atoms with van der Waals surface area (Å²) in [5.41, 5.74) is 0.813. The van der Waals surface area contributed by atoms with Gasteiger partial charge in [0.1, 0.15) is 18.0 Å². The Hall–Kier alpha value is -3.62. The molecule has 2 aromatic rings. The van der Waals surface area contributed by atoms with E-state index in [0.29, 0.717) is 49.8 Å². The molecular weight excluding hydrogens is 388 g/mol. The zero-order valence-corrected chi connectivity index (χ0v) is 16.6. The van der Waals surface area contributed by atoms with Crippen molar-refractivity contribution in [3.05, 3.63) is 48.2 Å². The summed E-state index contributed by atoms with van der Waals surface area (Å²) in [4.78, 5) is 46.9. The van der Waals surface area contributed by atoms with Crippen LogP contribution in [0, 0.1) is 0 Å². The molecule has 0 aliphatic carbocycles. The number of carbonyl (C=O) groups is 3. The van der Waals surface area contributed by atoms with Crippen LogP contribution in [0.5, 0.6) is 11.6 Å². The lowest BCUT2D eigenvalue weighted by Gasteiger charge is -2.35. The molecular formula is C21H22N4O5. The molecule has 3 amide bonds. The van der Waals surface area contributed by atoms with Gasteiger partial charge >= 0.3 is 6.09 Å². The van der Waals surface area contributed by atoms with Crippen molar-refractivity contribution in [1.29, 1.82) is 0 Å². The van der Waals surface area contributed by atoms with Gasteiger partial charge in [0, 0.05) is 32.4 Å². The Labute approximate surface area is 173 Å². The lowest BCUT2D eigenvalue weighted by Crippen LogP contribution is -2.53. The van der Waals surface area contributed by atoms with E-state index in [1.165, 1.54) is 4.90 Å². The van der Waals surface area contributed by atoms with Crippen molar-refractivity contribution in [2.75, 3.05) is 44.2 Å². The normalized spacial score (nSPS) is 15.6. The topological polar surface area (TPSA) is 92.3 Å². The second-order valence-electron chi connectivity index (χ2n) is 6.88. The number of rotatable bonds is 3. The minimum Gasteiger partial charge on any atom is -0.450 e. The van der Waals surface area contributed by atoms with Crippen molar-refractivity contribution in [1.82, 2.24) is 14.8 Å². The molecule has 0 unspecified atom stereocenters. The number of para-hydroxylation sites is 1. The van der Waals surface area contributed by atoms with Gasteiger partial charge < -0.3 is 19.3 Å². The van der Waals surface area contributed by atoms with Crippen molar-refractivity contribution in [2.24, 2.45) is 0 Å². The second-order valence-corrected chi connectivity index (χ2v) is 6.88. The molecule has 0 atom stereocenters. The van der Waals surface area contributed by atoms with Crippen molar-refractivity contribution in [3.8, 4) is 11.6 Å². The van der Waals surface area contributed by atoms with E-state index in [2.05, 4.69) is 4.98 Å². The Bertz CT molecular complexity index is 971. The van der Waals surface area contributed by atoms with Crippen molar-refractivity contribution < 1.29 is 23.9 Å². The fraction of sp³-hybridized carbons (Fsp3) is 0.333. The van der Waals surface area contributed by atoms with Crippen LogP contribution < -0.4 is 9.64 Å². The smallest absolute Gasteiger partial charge is 0.409 e. The van der Waals surface area contributed by atoms with Crippen LogP contribution >= 0.6 is 0 Å². The van der Waals surface area contributed by atoms with Crippen LogP contribution in [0.2, 0.25) is 0 Å². The maximum absolute atomic E-state index is 13.2. The molecule has 1 aromatic carbocycles. The van der Waals surface area contributed by atoms with Gasteiger partial charge in [-0.05, 0) is 31.2 Å². The van der Waals surface area contributed by atoms with Crippen LogP contribution in [0.4, 0.5) is 10.5 Å². The molecule has 2 aliphatic rings. The van der Waals surface area contributed by atoms with Gasteiger partial charge in [-0.15, -0.1) is 0 Å². The van der Waals surface area contributed by atoms with Crippen LogP contribution in [0.25, 0.3) is 0 Å². The largest absolute Gasteiger partial charge is 0.450 e. The van der Waals surface area contributed by atoms with E-state index in [1.807, 2.05) is 0 Å². The molecule has 1 aromatic heterocycles. The highest BCUT2D eigenvalue weighted by molar-refractivity contribution is 6.11. The molecule has 30 heavy (non-hydrogen) atoms. The average molecular weight is 410 g/mol. The molecule has 1 saturated heterocycles. The maximum atomic E-state index is 13.2. The Morgan fingerprint density at radius 2 is 1.80 bits per heavy atom. The summed E-state index contributed by atoms with van der Waals surface area (Å²) in [6.45, 7) is 3.47. The summed E-state index contributed by atoms with van der Waals surface area (Å²) in [7, 11) is 0. The average Bonchev–Trinajstić information content (AvgIpc) is 2.89. The molecule has 0 N–H and O–H groups in total. The zero-order valence-electron chi connectivity index (χ0n) is 16.6. The number of fused-ring (bicyclic) bond motifs is 2. The van der Waals surface area contributed by atoms with Gasteiger partial charge in [-0.2, -0.15) is 0 Å². The van der Waals surface area contributed by atoms with Crippen LogP contribution in [0.15, 0.2) is 42.6 Å². The van der Waals surface area contributed by atoms with Gasteiger partial charge in [0.2, 0.25) is 11.8 Å². The number of anilines is 1. The summed E-state index contributed by atoms with van der Waals surface area (Å²) >= 11 is 0. The lowest BCUT2D eigenvalue weighted by molar-refractivity contribution is -0.131. The van der Waals surface area contributed by atoms with E-state index in [4.69, 9.17) is 9.47 Å². The predicted octanol–water partition coefficient (Wildman–Crippen LogP) is 2.13. The zero-order chi connectivity index (χ0) is 21.1. The van der Waals surface area contributed by atoms with Crippen molar-refractivity contribution in [3.63, 3.8) is 0 Å². The number of amides is 3. The van der Waals surface area contributed by atoms with E-state index < -0.39 is 0 Å². The quantitative estimate of drug-likeness (QED) is 0.770. The van der Waals surface area contributed by atoms with Gasteiger partial charge in [-0.1, -0.05) is 12.1 Å². The minimum absolute atomic E-state index is 0.144. The van der Waals surface area contributed by atoms with Gasteiger partial charge in [0.05, 0.1) is 12.2 Å². The highest BCUT2D eigenvalue weighted by atomic mass is 16.6. The molecule has 1 fully saturated rings. The van der Waals surface area contributed by atoms with Crippen molar-refractivity contribution in [2.45, 2.75) is 6.92 Å². The lowest BCUT2D eigenvalue weighted by atomic mass is 10.1. The third-order valence-corrected chi connectivity index (χ3v) is 5.06. The number of nitrogens with zero attached hydrogens (tertiary/aromatic N) is 4. The van der Waals surface area contributed by atoms with Crippen LogP contribution in [-0.2, 0) is 9.53 Å². The minimum atomic E-state index is -0.374. The van der Waals surface area contributed by atoms with Gasteiger partial charge in [-0.3, -0.25) is 14.5 Å². The number of benzene rings is 1. The van der Waals surface area contributed by atoms with E-state index >= 15 is 0 Å². The van der Waals surface area contributed by atoms with E-state index in [0.717, 1.165) is 0 Å². The summed E-state index contributed by atoms with van der Waals surface area (Å²) in [6.07, 6.45) is 1.20. The molecule has 156 valence electrons. The molecule has 9 nitrogen and oxygen atoms in total. The molecule has 0 bridgehead atoms. The Balaban J connectivity index is 1.52. The highest BCUT2D eigenvalue weighted by Gasteiger charge is 2.32.